The molecule has 12 heavy (non-hydrogen) atoms. The van der Waals surface area contributed by atoms with Crippen molar-refractivity contribution < 1.29 is 0 Å². The third-order valence-electron chi connectivity index (χ3n) is 1.81. The smallest absolute Gasteiger partial charge is 0.0433 e. The largest absolute Gasteiger partial charge is 0.351 e. The van der Waals surface area contributed by atoms with Crippen LogP contribution in [0, 0.1) is 6.92 Å². The van der Waals surface area contributed by atoms with E-state index in [0.29, 0.717) is 0 Å². The summed E-state index contributed by atoms with van der Waals surface area (Å²) >= 11 is 3.42. The molecule has 2 heteroatoms. The van der Waals surface area contributed by atoms with Gasteiger partial charge in [0, 0.05) is 17.2 Å². The Bertz CT molecular complexity index is 294. The van der Waals surface area contributed by atoms with Crippen LogP contribution in [0.1, 0.15) is 5.56 Å². The van der Waals surface area contributed by atoms with Gasteiger partial charge in [-0.25, -0.2) is 0 Å². The van der Waals surface area contributed by atoms with E-state index < -0.39 is 0 Å². The monoisotopic (exact) mass is 225 g/mol. The maximum atomic E-state index is 3.71. The fourth-order valence-corrected chi connectivity index (χ4v) is 1.59. The number of benzene rings is 1. The molecule has 64 valence electrons. The van der Waals surface area contributed by atoms with Gasteiger partial charge in [-0.15, -0.1) is 0 Å². The third kappa shape index (κ3) is 1.89. The Labute approximate surface area is 81.8 Å². The molecule has 1 aromatic carbocycles. The molecule has 0 fully saturated rings. The predicted molar refractivity (Wildman–Crippen MR) is 57.5 cm³/mol. The van der Waals surface area contributed by atoms with E-state index in [4.69, 9.17) is 0 Å². The van der Waals surface area contributed by atoms with E-state index in [9.17, 15) is 0 Å². The van der Waals surface area contributed by atoms with Crippen molar-refractivity contribution in [3.05, 3.63) is 41.0 Å². The lowest BCUT2D eigenvalue weighted by Crippen LogP contribution is -2.08. The van der Waals surface area contributed by atoms with Gasteiger partial charge in [-0.2, -0.15) is 0 Å². The Morgan fingerprint density at radius 2 is 2.17 bits per heavy atom. The number of rotatable bonds is 2. The summed E-state index contributed by atoms with van der Waals surface area (Å²) in [6, 6.07) is 6.19. The van der Waals surface area contributed by atoms with Crippen LogP contribution in [0.15, 0.2) is 35.5 Å². The van der Waals surface area contributed by atoms with Gasteiger partial charge >= 0.3 is 0 Å². The molecular weight excluding hydrogens is 214 g/mol. The second-order valence-electron chi connectivity index (χ2n) is 2.72. The van der Waals surface area contributed by atoms with E-state index in [2.05, 4.69) is 41.6 Å². The molecule has 0 heterocycles. The van der Waals surface area contributed by atoms with Gasteiger partial charge in [-0.05, 0) is 36.9 Å². The van der Waals surface area contributed by atoms with Crippen molar-refractivity contribution in [1.29, 1.82) is 0 Å². The van der Waals surface area contributed by atoms with Crippen molar-refractivity contribution in [3.63, 3.8) is 0 Å². The van der Waals surface area contributed by atoms with Crippen molar-refractivity contribution in [3.8, 4) is 0 Å². The van der Waals surface area contributed by atoms with Crippen LogP contribution in [0.25, 0.3) is 0 Å². The van der Waals surface area contributed by atoms with Gasteiger partial charge in [-0.3, -0.25) is 0 Å². The minimum atomic E-state index is 1.11. The van der Waals surface area contributed by atoms with Crippen LogP contribution in [0.3, 0.4) is 0 Å². The second kappa shape index (κ2) is 3.76. The van der Waals surface area contributed by atoms with Crippen molar-refractivity contribution >= 4 is 21.6 Å². The second-order valence-corrected chi connectivity index (χ2v) is 3.64. The van der Waals surface area contributed by atoms with E-state index >= 15 is 0 Å². The van der Waals surface area contributed by atoms with Gasteiger partial charge in [0.2, 0.25) is 0 Å². The summed E-state index contributed by atoms with van der Waals surface area (Å²) in [5.41, 5.74) is 2.43. The van der Waals surface area contributed by atoms with Gasteiger partial charge in [0.25, 0.3) is 0 Å². The molecule has 0 N–H and O–H groups in total. The highest BCUT2D eigenvalue weighted by atomic mass is 79.9. The van der Waals surface area contributed by atoms with Crippen molar-refractivity contribution in [2.45, 2.75) is 6.92 Å². The van der Waals surface area contributed by atoms with E-state index in [1.165, 1.54) is 11.3 Å². The first-order valence-corrected chi connectivity index (χ1v) is 4.56. The molecule has 0 aliphatic rings. The number of halogens is 1. The Morgan fingerprint density at radius 3 is 2.67 bits per heavy atom. The van der Waals surface area contributed by atoms with Gasteiger partial charge in [0.05, 0.1) is 0 Å². The highest BCUT2D eigenvalue weighted by molar-refractivity contribution is 9.10. The van der Waals surface area contributed by atoms with Gasteiger partial charge < -0.3 is 4.90 Å². The minimum Gasteiger partial charge on any atom is -0.351 e. The Kier molecular flexibility index (Phi) is 2.93. The first-order chi connectivity index (χ1) is 5.65. The SMILES string of the molecule is C=CN(C)c1ccc(Br)cc1C. The topological polar surface area (TPSA) is 3.24 Å². The molecule has 1 aromatic rings. The summed E-state index contributed by atoms with van der Waals surface area (Å²) in [5, 5.41) is 0. The van der Waals surface area contributed by atoms with Crippen LogP contribution >= 0.6 is 15.9 Å². The summed E-state index contributed by atoms with van der Waals surface area (Å²) in [4.78, 5) is 2.00. The standard InChI is InChI=1S/C10H12BrN/c1-4-12(3)10-6-5-9(11)7-8(10)2/h4-7H,1H2,2-3H3. The highest BCUT2D eigenvalue weighted by Gasteiger charge is 2.00. The molecule has 1 nitrogen and oxygen atoms in total. The van der Waals surface area contributed by atoms with Crippen LogP contribution < -0.4 is 4.90 Å². The summed E-state index contributed by atoms with van der Waals surface area (Å²) in [7, 11) is 1.99. The first-order valence-electron chi connectivity index (χ1n) is 3.76. The van der Waals surface area contributed by atoms with Crippen molar-refractivity contribution in [2.75, 3.05) is 11.9 Å². The molecule has 0 spiro atoms. The van der Waals surface area contributed by atoms with Gasteiger partial charge in [-0.1, -0.05) is 22.5 Å². The third-order valence-corrected chi connectivity index (χ3v) is 2.31. The van der Waals surface area contributed by atoms with E-state index in [0.717, 1.165) is 4.47 Å². The molecule has 0 amide bonds. The van der Waals surface area contributed by atoms with Crippen molar-refractivity contribution in [1.82, 2.24) is 0 Å². The number of anilines is 1. The molecule has 0 atom stereocenters. The van der Waals surface area contributed by atoms with E-state index in [1.54, 1.807) is 6.20 Å². The average Bonchev–Trinajstić information content (AvgIpc) is 2.03. The molecule has 0 saturated heterocycles. The normalized spacial score (nSPS) is 9.58. The quantitative estimate of drug-likeness (QED) is 0.747. The number of aryl methyl sites for hydroxylation is 1. The van der Waals surface area contributed by atoms with Crippen LogP contribution in [-0.4, -0.2) is 7.05 Å². The molecule has 0 radical (unpaired) electrons. The number of hydrogen-bond donors (Lipinski definition) is 0. The molecule has 0 aliphatic carbocycles. The van der Waals surface area contributed by atoms with Crippen LogP contribution in [0.4, 0.5) is 5.69 Å². The lowest BCUT2D eigenvalue weighted by molar-refractivity contribution is 1.18. The maximum absolute atomic E-state index is 3.71. The summed E-state index contributed by atoms with van der Waals surface area (Å²) in [6.07, 6.45) is 1.80. The summed E-state index contributed by atoms with van der Waals surface area (Å²) in [5.74, 6) is 0. The molecule has 0 unspecified atom stereocenters. The molecule has 0 aliphatic heterocycles. The lowest BCUT2D eigenvalue weighted by Gasteiger charge is -2.16. The summed E-state index contributed by atoms with van der Waals surface area (Å²) in [6.45, 7) is 5.80. The molecule has 1 rings (SSSR count). The zero-order valence-corrected chi connectivity index (χ0v) is 8.93. The van der Waals surface area contributed by atoms with Crippen LogP contribution in [-0.2, 0) is 0 Å². The van der Waals surface area contributed by atoms with Crippen LogP contribution in [0.2, 0.25) is 0 Å². The molecular formula is C10H12BrN. The Morgan fingerprint density at radius 1 is 1.50 bits per heavy atom. The molecule has 0 bridgehead atoms. The first kappa shape index (κ1) is 9.33. The maximum Gasteiger partial charge on any atom is 0.0433 e. The fraction of sp³-hybridized carbons (Fsp3) is 0.200. The predicted octanol–water partition coefficient (Wildman–Crippen LogP) is 3.34. The zero-order chi connectivity index (χ0) is 9.14. The Hall–Kier alpha value is -0.760. The highest BCUT2D eigenvalue weighted by Crippen LogP contribution is 2.22. The van der Waals surface area contributed by atoms with E-state index in [1.807, 2.05) is 18.0 Å². The van der Waals surface area contributed by atoms with E-state index in [-0.39, 0.29) is 0 Å². The molecule has 0 aromatic heterocycles. The average molecular weight is 226 g/mol. The minimum absolute atomic E-state index is 1.11. The number of hydrogen-bond acceptors (Lipinski definition) is 1. The lowest BCUT2D eigenvalue weighted by atomic mass is 10.2. The number of nitrogens with zero attached hydrogens (tertiary/aromatic N) is 1. The zero-order valence-electron chi connectivity index (χ0n) is 7.34. The van der Waals surface area contributed by atoms with Gasteiger partial charge in [0.15, 0.2) is 0 Å². The van der Waals surface area contributed by atoms with Crippen LogP contribution in [0.5, 0.6) is 0 Å². The van der Waals surface area contributed by atoms with Crippen molar-refractivity contribution in [2.24, 2.45) is 0 Å². The molecule has 0 saturated carbocycles. The fourth-order valence-electron chi connectivity index (χ4n) is 1.11. The van der Waals surface area contributed by atoms with Gasteiger partial charge in [0.1, 0.15) is 0 Å². The Balaban J connectivity index is 3.09. The summed E-state index contributed by atoms with van der Waals surface area (Å²) < 4.78 is 1.11.